The summed E-state index contributed by atoms with van der Waals surface area (Å²) in [4.78, 5) is 10.7. The average Bonchev–Trinajstić information content (AvgIpc) is 2.37. The Labute approximate surface area is 128 Å². The maximum atomic E-state index is 10.7. The highest BCUT2D eigenvalue weighted by molar-refractivity contribution is 5.67. The second-order valence-electron chi connectivity index (χ2n) is 6.27. The number of rotatable bonds is 1. The van der Waals surface area contributed by atoms with Crippen molar-refractivity contribution in [3.8, 4) is 0 Å². The summed E-state index contributed by atoms with van der Waals surface area (Å²) in [5.41, 5.74) is 2.40. The molecule has 1 aliphatic heterocycles. The monoisotopic (exact) mass is 292 g/mol. The first-order valence-corrected chi connectivity index (χ1v) is 7.63. The minimum atomic E-state index is -0.390. The molecule has 0 fully saturated rings. The van der Waals surface area contributed by atoms with E-state index in [4.69, 9.17) is 4.74 Å². The fourth-order valence-electron chi connectivity index (χ4n) is 2.05. The summed E-state index contributed by atoms with van der Waals surface area (Å²) in [6.45, 7) is 10.2. The highest BCUT2D eigenvalue weighted by Gasteiger charge is 2.14. The summed E-state index contributed by atoms with van der Waals surface area (Å²) in [6.07, 6.45) is 2.14. The number of hydrogen-bond acceptors (Lipinski definition) is 3. The fourth-order valence-corrected chi connectivity index (χ4v) is 2.05. The molecular weight excluding hydrogens is 264 g/mol. The summed E-state index contributed by atoms with van der Waals surface area (Å²) in [5, 5.41) is 6.00. The van der Waals surface area contributed by atoms with Crippen molar-refractivity contribution < 1.29 is 9.53 Å². The van der Waals surface area contributed by atoms with E-state index >= 15 is 0 Å². The topological polar surface area (TPSA) is 50.4 Å². The van der Waals surface area contributed by atoms with Gasteiger partial charge in [0.05, 0.1) is 0 Å². The van der Waals surface area contributed by atoms with Crippen molar-refractivity contribution in [3.63, 3.8) is 0 Å². The molecule has 1 atom stereocenters. The van der Waals surface area contributed by atoms with E-state index in [0.29, 0.717) is 12.6 Å². The number of aryl methyl sites for hydroxylation is 1. The molecule has 0 aromatic heterocycles. The van der Waals surface area contributed by atoms with E-state index in [2.05, 4.69) is 41.8 Å². The predicted octanol–water partition coefficient (Wildman–Crippen LogP) is 3.96. The first kappa shape index (κ1) is 17.3. The van der Waals surface area contributed by atoms with Crippen molar-refractivity contribution in [1.82, 2.24) is 5.32 Å². The van der Waals surface area contributed by atoms with Crippen LogP contribution in [0.5, 0.6) is 0 Å². The standard InChI is InChI=1S/C10H13N.C7H15NO2/c1-8-6-7-9-4-2-3-5-10(9)11-8;1-5-8-6(9)10-7(2,3)4/h2-5,8,11H,6-7H2,1H3;5H2,1-4H3,(H,8,9)/t8-;/m0./s1. The fraction of sp³-hybridized carbons (Fsp3) is 0.588. The van der Waals surface area contributed by atoms with Gasteiger partial charge in [-0.05, 0) is 59.1 Å². The largest absolute Gasteiger partial charge is 0.444 e. The van der Waals surface area contributed by atoms with Gasteiger partial charge in [0.1, 0.15) is 5.60 Å². The zero-order valence-corrected chi connectivity index (χ0v) is 13.8. The van der Waals surface area contributed by atoms with Gasteiger partial charge in [0, 0.05) is 18.3 Å². The van der Waals surface area contributed by atoms with E-state index in [1.807, 2.05) is 27.7 Å². The molecule has 1 heterocycles. The maximum Gasteiger partial charge on any atom is 0.407 e. The van der Waals surface area contributed by atoms with Crippen LogP contribution in [-0.4, -0.2) is 24.3 Å². The lowest BCUT2D eigenvalue weighted by molar-refractivity contribution is 0.0531. The van der Waals surface area contributed by atoms with Crippen molar-refractivity contribution >= 4 is 11.8 Å². The number of nitrogens with one attached hydrogen (secondary N) is 2. The molecule has 0 radical (unpaired) electrons. The molecule has 0 saturated carbocycles. The van der Waals surface area contributed by atoms with Crippen molar-refractivity contribution in [2.24, 2.45) is 0 Å². The summed E-state index contributed by atoms with van der Waals surface area (Å²) in [7, 11) is 0. The van der Waals surface area contributed by atoms with Crippen LogP contribution in [0.2, 0.25) is 0 Å². The molecule has 21 heavy (non-hydrogen) atoms. The van der Waals surface area contributed by atoms with E-state index in [0.717, 1.165) is 0 Å². The van der Waals surface area contributed by atoms with E-state index in [1.165, 1.54) is 24.1 Å². The molecule has 1 aromatic carbocycles. The van der Waals surface area contributed by atoms with Crippen LogP contribution in [-0.2, 0) is 11.2 Å². The molecule has 1 aromatic rings. The van der Waals surface area contributed by atoms with E-state index in [-0.39, 0.29) is 11.7 Å². The highest BCUT2D eigenvalue weighted by atomic mass is 16.6. The number of alkyl carbamates (subject to hydrolysis) is 1. The van der Waals surface area contributed by atoms with Gasteiger partial charge in [-0.2, -0.15) is 0 Å². The molecule has 2 N–H and O–H groups in total. The zero-order valence-electron chi connectivity index (χ0n) is 13.8. The Hall–Kier alpha value is -1.71. The lowest BCUT2D eigenvalue weighted by Gasteiger charge is -2.23. The van der Waals surface area contributed by atoms with Gasteiger partial charge in [-0.1, -0.05) is 18.2 Å². The summed E-state index contributed by atoms with van der Waals surface area (Å²) in [5.74, 6) is 0. The number of para-hydroxylation sites is 1. The SMILES string of the molecule is CCNC(=O)OC(C)(C)C.C[C@H]1CCc2ccccc2N1. The van der Waals surface area contributed by atoms with Crippen LogP contribution in [0, 0.1) is 0 Å². The molecular formula is C17H28N2O2. The van der Waals surface area contributed by atoms with Crippen LogP contribution < -0.4 is 10.6 Å². The number of fused-ring (bicyclic) bond motifs is 1. The molecule has 2 rings (SSSR count). The molecule has 1 amide bonds. The van der Waals surface area contributed by atoms with Crippen LogP contribution >= 0.6 is 0 Å². The Bertz CT molecular complexity index is 452. The number of hydrogen-bond donors (Lipinski definition) is 2. The van der Waals surface area contributed by atoms with Crippen molar-refractivity contribution in [3.05, 3.63) is 29.8 Å². The number of anilines is 1. The highest BCUT2D eigenvalue weighted by Crippen LogP contribution is 2.23. The molecule has 0 unspecified atom stereocenters. The molecule has 118 valence electrons. The number of benzene rings is 1. The minimum absolute atomic E-state index is 0.352. The molecule has 4 heteroatoms. The normalized spacial score (nSPS) is 16.7. The quantitative estimate of drug-likeness (QED) is 0.823. The van der Waals surface area contributed by atoms with Gasteiger partial charge in [-0.25, -0.2) is 4.79 Å². The zero-order chi connectivity index (χ0) is 15.9. The molecule has 0 aliphatic carbocycles. The van der Waals surface area contributed by atoms with E-state index in [1.54, 1.807) is 0 Å². The molecule has 4 nitrogen and oxygen atoms in total. The number of amides is 1. The molecule has 0 saturated heterocycles. The van der Waals surface area contributed by atoms with Gasteiger partial charge in [-0.3, -0.25) is 0 Å². The summed E-state index contributed by atoms with van der Waals surface area (Å²) < 4.78 is 4.93. The second kappa shape index (κ2) is 7.91. The minimum Gasteiger partial charge on any atom is -0.444 e. The molecule has 1 aliphatic rings. The number of carbonyl (C=O) groups is 1. The number of carbonyl (C=O) groups excluding carboxylic acids is 1. The van der Waals surface area contributed by atoms with Crippen LogP contribution in [0.3, 0.4) is 0 Å². The molecule has 0 bridgehead atoms. The predicted molar refractivity (Wildman–Crippen MR) is 87.8 cm³/mol. The Balaban J connectivity index is 0.000000212. The van der Waals surface area contributed by atoms with Crippen molar-refractivity contribution in [1.29, 1.82) is 0 Å². The van der Waals surface area contributed by atoms with E-state index in [9.17, 15) is 4.79 Å². The van der Waals surface area contributed by atoms with Crippen molar-refractivity contribution in [2.75, 3.05) is 11.9 Å². The van der Waals surface area contributed by atoms with Gasteiger partial charge in [0.2, 0.25) is 0 Å². The average molecular weight is 292 g/mol. The van der Waals surface area contributed by atoms with Gasteiger partial charge in [0.15, 0.2) is 0 Å². The first-order chi connectivity index (χ1) is 9.81. The van der Waals surface area contributed by atoms with Crippen molar-refractivity contribution in [2.45, 2.75) is 59.1 Å². The third kappa shape index (κ3) is 7.02. The lowest BCUT2D eigenvalue weighted by Crippen LogP contribution is -2.32. The second-order valence-corrected chi connectivity index (χ2v) is 6.27. The third-order valence-electron chi connectivity index (χ3n) is 2.99. The Kier molecular flexibility index (Phi) is 6.53. The van der Waals surface area contributed by atoms with Crippen LogP contribution in [0.25, 0.3) is 0 Å². The van der Waals surface area contributed by atoms with Gasteiger partial charge < -0.3 is 15.4 Å². The summed E-state index contributed by atoms with van der Waals surface area (Å²) >= 11 is 0. The van der Waals surface area contributed by atoms with Crippen LogP contribution in [0.4, 0.5) is 10.5 Å². The Morgan fingerprint density at radius 2 is 2.05 bits per heavy atom. The van der Waals surface area contributed by atoms with Gasteiger partial charge in [0.25, 0.3) is 0 Å². The maximum absolute atomic E-state index is 10.7. The Morgan fingerprint density at radius 1 is 1.38 bits per heavy atom. The van der Waals surface area contributed by atoms with Crippen LogP contribution in [0.15, 0.2) is 24.3 Å². The van der Waals surface area contributed by atoms with Crippen LogP contribution in [0.1, 0.15) is 46.6 Å². The van der Waals surface area contributed by atoms with E-state index < -0.39 is 0 Å². The van der Waals surface area contributed by atoms with Gasteiger partial charge >= 0.3 is 6.09 Å². The lowest BCUT2D eigenvalue weighted by atomic mass is 9.99. The molecule has 0 spiro atoms. The third-order valence-corrected chi connectivity index (χ3v) is 2.99. The first-order valence-electron chi connectivity index (χ1n) is 7.63. The summed E-state index contributed by atoms with van der Waals surface area (Å²) in [6, 6.07) is 9.20. The smallest absolute Gasteiger partial charge is 0.407 e. The number of ether oxygens (including phenoxy) is 1. The van der Waals surface area contributed by atoms with Gasteiger partial charge in [-0.15, -0.1) is 0 Å². The Morgan fingerprint density at radius 3 is 2.67 bits per heavy atom.